The summed E-state index contributed by atoms with van der Waals surface area (Å²) >= 11 is 0. The Morgan fingerprint density at radius 2 is 1.92 bits per heavy atom. The van der Waals surface area contributed by atoms with E-state index in [4.69, 9.17) is 16.2 Å². The normalized spacial score (nSPS) is 39.4. The number of carbonyl (C=O) groups excluding carboxylic acids is 1. The van der Waals surface area contributed by atoms with Crippen LogP contribution in [0.15, 0.2) is 17.1 Å². The maximum absolute atomic E-state index is 14.5. The number of rotatable bonds is 9. The summed E-state index contributed by atoms with van der Waals surface area (Å²) in [7, 11) is 0. The van der Waals surface area contributed by atoms with Crippen molar-refractivity contribution in [3.05, 3.63) is 12.2 Å². The molecular formula is C29H50FN7O2. The number of piperidine rings is 1. The predicted molar refractivity (Wildman–Crippen MR) is 152 cm³/mol. The molecule has 39 heavy (non-hydrogen) atoms. The van der Waals surface area contributed by atoms with Crippen molar-refractivity contribution in [1.29, 1.82) is 0 Å². The smallest absolute Gasteiger partial charge is 0.228 e. The Morgan fingerprint density at radius 3 is 2.54 bits per heavy atom. The lowest BCUT2D eigenvalue weighted by Crippen LogP contribution is -2.68. The first kappa shape index (κ1) is 29.1. The van der Waals surface area contributed by atoms with Gasteiger partial charge in [-0.15, -0.1) is 0 Å². The number of allylic oxidation sites excluding steroid dienone is 2. The van der Waals surface area contributed by atoms with E-state index >= 15 is 0 Å². The molecule has 7 atom stereocenters. The van der Waals surface area contributed by atoms with Crippen LogP contribution in [0.5, 0.6) is 0 Å². The van der Waals surface area contributed by atoms with Gasteiger partial charge in [0.1, 0.15) is 0 Å². The Hall–Kier alpha value is -1.43. The summed E-state index contributed by atoms with van der Waals surface area (Å²) < 4.78 is 19.9. The van der Waals surface area contributed by atoms with Gasteiger partial charge in [0.25, 0.3) is 0 Å². The zero-order chi connectivity index (χ0) is 27.6. The van der Waals surface area contributed by atoms with E-state index < -0.39 is 24.3 Å². The summed E-state index contributed by atoms with van der Waals surface area (Å²) in [6.07, 6.45) is 7.64. The molecule has 0 bridgehead atoms. The molecule has 9 nitrogen and oxygen atoms in total. The van der Waals surface area contributed by atoms with E-state index in [0.717, 1.165) is 65.3 Å². The molecule has 1 aliphatic carbocycles. The SMILES string of the molecule is CCCC1(C)/C=C\C(F)/C=N\C(C(C(=O)NC2CNCC(C3CC3)C2N2CCN(C3COC3)CC2)C(N)N)C1. The topological polar surface area (TPSA) is 121 Å². The summed E-state index contributed by atoms with van der Waals surface area (Å²) in [4.78, 5) is 23.7. The maximum Gasteiger partial charge on any atom is 0.228 e. The van der Waals surface area contributed by atoms with Crippen LogP contribution < -0.4 is 22.1 Å². The standard InChI is InChI=1S/C29H50FN7O2/c1-3-7-29(2)8-6-20(30)14-34-23(13-29)25(27(31)32)28(38)35-24-16-33-15-22(19-4-5-19)26(24)37-11-9-36(10-12-37)21-17-39-18-21/h6,8,14,19-27,33H,3-5,7,9-13,15-18,31-32H2,1-2H3,(H,35,38)/b8-6-,34-14-. The second-order valence-electron chi connectivity index (χ2n) is 12.9. The zero-order valence-electron chi connectivity index (χ0n) is 23.8. The van der Waals surface area contributed by atoms with E-state index in [-0.39, 0.29) is 23.4 Å². The molecule has 0 radical (unpaired) electrons. The van der Waals surface area contributed by atoms with E-state index in [1.807, 2.05) is 6.08 Å². The van der Waals surface area contributed by atoms with Crippen LogP contribution in [-0.4, -0.2) is 111 Å². The largest absolute Gasteiger partial charge is 0.378 e. The Balaban J connectivity index is 1.31. The Bertz CT molecular complexity index is 887. The quantitative estimate of drug-likeness (QED) is 0.250. The van der Waals surface area contributed by atoms with E-state index in [1.54, 1.807) is 6.08 Å². The van der Waals surface area contributed by atoms with Crippen molar-refractivity contribution >= 4 is 12.1 Å². The number of halogens is 1. The number of alkyl halides is 1. The molecule has 4 aliphatic heterocycles. The van der Waals surface area contributed by atoms with Crippen molar-refractivity contribution in [2.45, 2.75) is 82.5 Å². The number of aliphatic imine (C=N–C) groups is 1. The van der Waals surface area contributed by atoms with E-state index in [1.165, 1.54) is 19.1 Å². The second kappa shape index (κ2) is 12.6. The van der Waals surface area contributed by atoms with Crippen molar-refractivity contribution in [2.75, 3.05) is 52.5 Å². The average Bonchev–Trinajstić information content (AvgIpc) is 3.70. The second-order valence-corrected chi connectivity index (χ2v) is 12.9. The van der Waals surface area contributed by atoms with E-state index in [9.17, 15) is 9.18 Å². The van der Waals surface area contributed by atoms with E-state index in [0.29, 0.717) is 24.3 Å². The number of hydrogen-bond acceptors (Lipinski definition) is 8. The first-order chi connectivity index (χ1) is 18.8. The number of amides is 1. The number of nitrogens with zero attached hydrogens (tertiary/aromatic N) is 3. The molecular weight excluding hydrogens is 497 g/mol. The van der Waals surface area contributed by atoms with Crippen LogP contribution in [0, 0.1) is 23.2 Å². The Labute approximate surface area is 233 Å². The highest BCUT2D eigenvalue weighted by molar-refractivity contribution is 5.81. The van der Waals surface area contributed by atoms with Gasteiger partial charge in [-0.3, -0.25) is 19.6 Å². The van der Waals surface area contributed by atoms with Crippen molar-refractivity contribution in [3.8, 4) is 0 Å². The summed E-state index contributed by atoms with van der Waals surface area (Å²) in [5.41, 5.74) is 12.3. The van der Waals surface area contributed by atoms with Crippen LogP contribution in [0.1, 0.15) is 46.0 Å². The molecule has 4 heterocycles. The van der Waals surface area contributed by atoms with Crippen LogP contribution in [-0.2, 0) is 9.53 Å². The monoisotopic (exact) mass is 547 g/mol. The van der Waals surface area contributed by atoms with Crippen LogP contribution in [0.25, 0.3) is 0 Å². The third kappa shape index (κ3) is 6.90. The first-order valence-electron chi connectivity index (χ1n) is 15.2. The fourth-order valence-electron chi connectivity index (χ4n) is 7.44. The Kier molecular flexibility index (Phi) is 9.40. The summed E-state index contributed by atoms with van der Waals surface area (Å²) in [6.45, 7) is 11.7. The molecule has 4 fully saturated rings. The van der Waals surface area contributed by atoms with E-state index in [2.05, 4.69) is 39.3 Å². The molecule has 7 unspecified atom stereocenters. The highest BCUT2D eigenvalue weighted by atomic mass is 19.1. The first-order valence-corrected chi connectivity index (χ1v) is 15.2. The molecule has 1 saturated carbocycles. The van der Waals surface area contributed by atoms with Crippen LogP contribution in [0.3, 0.4) is 0 Å². The average molecular weight is 548 g/mol. The predicted octanol–water partition coefficient (Wildman–Crippen LogP) is 0.889. The Morgan fingerprint density at radius 1 is 1.21 bits per heavy atom. The molecule has 3 saturated heterocycles. The fraction of sp³-hybridized carbons (Fsp3) is 0.862. The maximum atomic E-state index is 14.5. The van der Waals surface area contributed by atoms with Gasteiger partial charge in [0.15, 0.2) is 6.17 Å². The van der Waals surface area contributed by atoms with Crippen LogP contribution in [0.4, 0.5) is 4.39 Å². The molecule has 220 valence electrons. The highest BCUT2D eigenvalue weighted by Crippen LogP contribution is 2.42. The molecule has 0 aromatic carbocycles. The van der Waals surface area contributed by atoms with Gasteiger partial charge in [0.2, 0.25) is 5.91 Å². The minimum atomic E-state index is -1.28. The number of nitrogens with two attached hydrogens (primary N) is 2. The molecule has 5 rings (SSSR count). The van der Waals surface area contributed by atoms with Crippen LogP contribution in [0.2, 0.25) is 0 Å². The summed E-state index contributed by atoms with van der Waals surface area (Å²) in [5.74, 6) is 0.335. The zero-order valence-corrected chi connectivity index (χ0v) is 23.8. The molecule has 1 amide bonds. The van der Waals surface area contributed by atoms with Gasteiger partial charge in [0.05, 0.1) is 43.4 Å². The van der Waals surface area contributed by atoms with Gasteiger partial charge < -0.3 is 26.8 Å². The van der Waals surface area contributed by atoms with Crippen molar-refractivity contribution < 1.29 is 13.9 Å². The van der Waals surface area contributed by atoms with Crippen molar-refractivity contribution in [3.63, 3.8) is 0 Å². The number of carbonyl (C=O) groups is 1. The minimum absolute atomic E-state index is 0.0370. The lowest BCUT2D eigenvalue weighted by molar-refractivity contribution is -0.128. The summed E-state index contributed by atoms with van der Waals surface area (Å²) in [6, 6.07) is 0.321. The number of nitrogens with one attached hydrogen (secondary N) is 2. The molecule has 0 aromatic rings. The molecule has 0 spiro atoms. The van der Waals surface area contributed by atoms with Gasteiger partial charge >= 0.3 is 0 Å². The third-order valence-electron chi connectivity index (χ3n) is 9.79. The molecule has 6 N–H and O–H groups in total. The lowest BCUT2D eigenvalue weighted by Gasteiger charge is -2.50. The molecule has 0 aromatic heterocycles. The highest BCUT2D eigenvalue weighted by Gasteiger charge is 2.47. The number of hydrogen-bond donors (Lipinski definition) is 4. The lowest BCUT2D eigenvalue weighted by atomic mass is 9.75. The van der Waals surface area contributed by atoms with Gasteiger partial charge in [0, 0.05) is 45.0 Å². The van der Waals surface area contributed by atoms with Crippen LogP contribution >= 0.6 is 0 Å². The van der Waals surface area contributed by atoms with Gasteiger partial charge in [-0.05, 0) is 55.6 Å². The third-order valence-corrected chi connectivity index (χ3v) is 9.79. The van der Waals surface area contributed by atoms with Crippen molar-refractivity contribution in [1.82, 2.24) is 20.4 Å². The number of piperazine rings is 1. The van der Waals surface area contributed by atoms with Gasteiger partial charge in [-0.25, -0.2) is 4.39 Å². The molecule has 10 heteroatoms. The summed E-state index contributed by atoms with van der Waals surface area (Å²) in [5, 5.41) is 7.01. The van der Waals surface area contributed by atoms with Crippen molar-refractivity contribution in [2.24, 2.45) is 39.6 Å². The molecule has 5 aliphatic rings. The number of ether oxygens (including phenoxy) is 1. The fourth-order valence-corrected chi connectivity index (χ4v) is 7.44. The minimum Gasteiger partial charge on any atom is -0.378 e. The van der Waals surface area contributed by atoms with Gasteiger partial charge in [-0.1, -0.05) is 26.3 Å². The van der Waals surface area contributed by atoms with Gasteiger partial charge in [-0.2, -0.15) is 0 Å².